The molecular weight excluding hydrogens is 345 g/mol. The molecule has 0 unspecified atom stereocenters. The lowest BCUT2D eigenvalue weighted by atomic mass is 10.2. The molecule has 3 aromatic carbocycles. The molecule has 1 atom stereocenters. The van der Waals surface area contributed by atoms with Crippen molar-refractivity contribution in [2.24, 2.45) is 0 Å². The van der Waals surface area contributed by atoms with E-state index in [1.807, 2.05) is 30.3 Å². The van der Waals surface area contributed by atoms with Crippen molar-refractivity contribution in [2.75, 3.05) is 5.32 Å². The normalized spacial score (nSPS) is 11.5. The zero-order valence-corrected chi connectivity index (χ0v) is 14.9. The first-order chi connectivity index (χ1) is 13.1. The van der Waals surface area contributed by atoms with E-state index < -0.39 is 6.10 Å². The van der Waals surface area contributed by atoms with Crippen molar-refractivity contribution in [1.29, 1.82) is 0 Å². The predicted molar refractivity (Wildman–Crippen MR) is 102 cm³/mol. The number of rotatable bonds is 7. The number of carbonyl (C=O) groups excluding carboxylic acids is 1. The highest BCUT2D eigenvalue weighted by Crippen LogP contribution is 2.18. The van der Waals surface area contributed by atoms with Gasteiger partial charge in [0.05, 0.1) is 0 Å². The van der Waals surface area contributed by atoms with E-state index in [0.29, 0.717) is 23.8 Å². The average Bonchev–Trinajstić information content (AvgIpc) is 2.70. The SMILES string of the molecule is C[C@@H](Oc1ccc(F)cc1)C(=O)Nc1ccc(OCc2ccccc2)cc1. The molecule has 5 heteroatoms. The molecule has 0 aromatic heterocycles. The second-order valence-corrected chi connectivity index (χ2v) is 6.00. The van der Waals surface area contributed by atoms with Gasteiger partial charge in [-0.2, -0.15) is 0 Å². The van der Waals surface area contributed by atoms with Gasteiger partial charge >= 0.3 is 0 Å². The van der Waals surface area contributed by atoms with Gasteiger partial charge in [-0.3, -0.25) is 4.79 Å². The molecule has 0 aliphatic rings. The summed E-state index contributed by atoms with van der Waals surface area (Å²) in [5, 5.41) is 2.78. The Kier molecular flexibility index (Phi) is 6.05. The number of carbonyl (C=O) groups is 1. The molecule has 0 fully saturated rings. The van der Waals surface area contributed by atoms with Crippen LogP contribution in [0.5, 0.6) is 11.5 Å². The number of amides is 1. The number of ether oxygens (including phenoxy) is 2. The average molecular weight is 365 g/mol. The summed E-state index contributed by atoms with van der Waals surface area (Å²) in [4.78, 5) is 12.2. The second-order valence-electron chi connectivity index (χ2n) is 6.00. The van der Waals surface area contributed by atoms with Crippen molar-refractivity contribution in [3.8, 4) is 11.5 Å². The minimum Gasteiger partial charge on any atom is -0.489 e. The van der Waals surface area contributed by atoms with Crippen LogP contribution in [0.1, 0.15) is 12.5 Å². The lowest BCUT2D eigenvalue weighted by Gasteiger charge is -2.15. The first-order valence-corrected chi connectivity index (χ1v) is 8.60. The highest BCUT2D eigenvalue weighted by molar-refractivity contribution is 5.94. The van der Waals surface area contributed by atoms with Crippen molar-refractivity contribution < 1.29 is 18.7 Å². The van der Waals surface area contributed by atoms with E-state index in [2.05, 4.69) is 5.32 Å². The Balaban J connectivity index is 1.51. The summed E-state index contributed by atoms with van der Waals surface area (Å²) in [6.07, 6.45) is -0.718. The Bertz CT molecular complexity index is 864. The maximum Gasteiger partial charge on any atom is 0.265 e. The largest absolute Gasteiger partial charge is 0.489 e. The van der Waals surface area contributed by atoms with Crippen LogP contribution in [0.2, 0.25) is 0 Å². The van der Waals surface area contributed by atoms with E-state index in [-0.39, 0.29) is 11.7 Å². The van der Waals surface area contributed by atoms with E-state index in [1.165, 1.54) is 24.3 Å². The molecule has 1 N–H and O–H groups in total. The fourth-order valence-electron chi connectivity index (χ4n) is 2.39. The molecule has 0 saturated carbocycles. The molecule has 0 bridgehead atoms. The molecule has 0 aliphatic heterocycles. The highest BCUT2D eigenvalue weighted by Gasteiger charge is 2.15. The van der Waals surface area contributed by atoms with Gasteiger partial charge in [0.2, 0.25) is 0 Å². The molecule has 3 rings (SSSR count). The standard InChI is InChI=1S/C22H20FNO3/c1-16(27-21-11-7-18(23)8-12-21)22(25)24-19-9-13-20(14-10-19)26-15-17-5-3-2-4-6-17/h2-14,16H,15H2,1H3,(H,24,25)/t16-/m1/s1. The van der Waals surface area contributed by atoms with Crippen LogP contribution >= 0.6 is 0 Å². The van der Waals surface area contributed by atoms with Crippen molar-refractivity contribution in [3.05, 3.63) is 90.2 Å². The Morgan fingerprint density at radius 1 is 0.926 bits per heavy atom. The molecule has 27 heavy (non-hydrogen) atoms. The van der Waals surface area contributed by atoms with Crippen LogP contribution in [-0.2, 0) is 11.4 Å². The van der Waals surface area contributed by atoms with Crippen LogP contribution in [0.25, 0.3) is 0 Å². The molecule has 1 amide bonds. The van der Waals surface area contributed by atoms with Crippen molar-refractivity contribution in [3.63, 3.8) is 0 Å². The Morgan fingerprint density at radius 2 is 1.56 bits per heavy atom. The fraction of sp³-hybridized carbons (Fsp3) is 0.136. The van der Waals surface area contributed by atoms with Crippen LogP contribution in [0.3, 0.4) is 0 Å². The Morgan fingerprint density at radius 3 is 2.22 bits per heavy atom. The molecule has 138 valence electrons. The molecular formula is C22H20FNO3. The summed E-state index contributed by atoms with van der Waals surface area (Å²) in [7, 11) is 0. The lowest BCUT2D eigenvalue weighted by Crippen LogP contribution is -2.30. The number of anilines is 1. The van der Waals surface area contributed by atoms with Gasteiger partial charge in [0, 0.05) is 5.69 Å². The van der Waals surface area contributed by atoms with Crippen LogP contribution in [0.15, 0.2) is 78.9 Å². The van der Waals surface area contributed by atoms with Gasteiger partial charge in [0.1, 0.15) is 23.9 Å². The maximum atomic E-state index is 12.9. The number of benzene rings is 3. The van der Waals surface area contributed by atoms with E-state index in [1.54, 1.807) is 31.2 Å². The summed E-state index contributed by atoms with van der Waals surface area (Å²) >= 11 is 0. The fourth-order valence-corrected chi connectivity index (χ4v) is 2.39. The minimum atomic E-state index is -0.718. The Labute approximate surface area is 157 Å². The highest BCUT2D eigenvalue weighted by atomic mass is 19.1. The summed E-state index contributed by atoms with van der Waals surface area (Å²) in [5.41, 5.74) is 1.73. The van der Waals surface area contributed by atoms with Crippen molar-refractivity contribution in [2.45, 2.75) is 19.6 Å². The van der Waals surface area contributed by atoms with E-state index in [0.717, 1.165) is 5.56 Å². The van der Waals surface area contributed by atoms with Gasteiger partial charge in [-0.05, 0) is 61.0 Å². The zero-order chi connectivity index (χ0) is 19.1. The minimum absolute atomic E-state index is 0.294. The summed E-state index contributed by atoms with van der Waals surface area (Å²) in [6.45, 7) is 2.12. The molecule has 0 spiro atoms. The zero-order valence-electron chi connectivity index (χ0n) is 14.9. The monoisotopic (exact) mass is 365 g/mol. The first kappa shape index (κ1) is 18.5. The van der Waals surface area contributed by atoms with Gasteiger partial charge in [0.25, 0.3) is 5.91 Å². The first-order valence-electron chi connectivity index (χ1n) is 8.60. The van der Waals surface area contributed by atoms with Crippen molar-refractivity contribution in [1.82, 2.24) is 0 Å². The molecule has 0 radical (unpaired) electrons. The van der Waals surface area contributed by atoms with E-state index >= 15 is 0 Å². The van der Waals surface area contributed by atoms with Crippen LogP contribution < -0.4 is 14.8 Å². The Hall–Kier alpha value is -3.34. The van der Waals surface area contributed by atoms with E-state index in [9.17, 15) is 9.18 Å². The number of hydrogen-bond donors (Lipinski definition) is 1. The maximum absolute atomic E-state index is 12.9. The van der Waals surface area contributed by atoms with Gasteiger partial charge in [0.15, 0.2) is 6.10 Å². The summed E-state index contributed by atoms with van der Waals surface area (Å²) in [5.74, 6) is 0.502. The quantitative estimate of drug-likeness (QED) is 0.654. The smallest absolute Gasteiger partial charge is 0.265 e. The predicted octanol–water partition coefficient (Wildman–Crippen LogP) is 4.81. The van der Waals surface area contributed by atoms with Crippen molar-refractivity contribution >= 4 is 11.6 Å². The summed E-state index contributed by atoms with van der Waals surface area (Å²) in [6, 6.07) is 22.5. The number of halogens is 1. The molecule has 4 nitrogen and oxygen atoms in total. The van der Waals surface area contributed by atoms with Gasteiger partial charge in [-0.15, -0.1) is 0 Å². The van der Waals surface area contributed by atoms with Crippen LogP contribution in [0.4, 0.5) is 10.1 Å². The molecule has 3 aromatic rings. The van der Waals surface area contributed by atoms with Crippen LogP contribution in [0, 0.1) is 5.82 Å². The van der Waals surface area contributed by atoms with Gasteiger partial charge in [-0.25, -0.2) is 4.39 Å². The molecule has 0 heterocycles. The molecule has 0 aliphatic carbocycles. The third kappa shape index (κ3) is 5.57. The number of nitrogens with one attached hydrogen (secondary N) is 1. The lowest BCUT2D eigenvalue weighted by molar-refractivity contribution is -0.122. The third-order valence-corrected chi connectivity index (χ3v) is 3.87. The topological polar surface area (TPSA) is 47.6 Å². The van der Waals surface area contributed by atoms with Gasteiger partial charge in [-0.1, -0.05) is 30.3 Å². The third-order valence-electron chi connectivity index (χ3n) is 3.87. The molecule has 0 saturated heterocycles. The summed E-state index contributed by atoms with van der Waals surface area (Å²) < 4.78 is 24.1. The van der Waals surface area contributed by atoms with Gasteiger partial charge < -0.3 is 14.8 Å². The van der Waals surface area contributed by atoms with Crippen LogP contribution in [-0.4, -0.2) is 12.0 Å². The van der Waals surface area contributed by atoms with E-state index in [4.69, 9.17) is 9.47 Å². The second kappa shape index (κ2) is 8.85. The number of hydrogen-bond acceptors (Lipinski definition) is 3.